The van der Waals surface area contributed by atoms with Crippen LogP contribution in [0, 0.1) is 11.3 Å². The Kier molecular flexibility index (Phi) is 4.84. The fourth-order valence-corrected chi connectivity index (χ4v) is 3.62. The molecule has 1 heterocycles. The van der Waals surface area contributed by atoms with E-state index in [4.69, 9.17) is 0 Å². The minimum Gasteiger partial charge on any atom is -0.481 e. The molecule has 5 nitrogen and oxygen atoms in total. The summed E-state index contributed by atoms with van der Waals surface area (Å²) in [6.45, 7) is 2.13. The number of benzene rings is 3. The van der Waals surface area contributed by atoms with E-state index in [-0.39, 0.29) is 0 Å². The molecule has 5 heteroatoms. The van der Waals surface area contributed by atoms with Crippen molar-refractivity contribution in [2.45, 2.75) is 19.4 Å². The third-order valence-corrected chi connectivity index (χ3v) is 5.20. The van der Waals surface area contributed by atoms with Gasteiger partial charge in [0.15, 0.2) is 0 Å². The van der Waals surface area contributed by atoms with Crippen molar-refractivity contribution >= 4 is 16.7 Å². The van der Waals surface area contributed by atoms with Crippen molar-refractivity contribution in [2.24, 2.45) is 0 Å². The number of nitrogens with zero attached hydrogens (tertiary/aromatic N) is 3. The first-order valence-corrected chi connectivity index (χ1v) is 9.32. The van der Waals surface area contributed by atoms with Gasteiger partial charge in [-0.05, 0) is 41.0 Å². The van der Waals surface area contributed by atoms with Crippen molar-refractivity contribution < 1.29 is 9.90 Å². The van der Waals surface area contributed by atoms with Crippen LogP contribution in [0.15, 0.2) is 73.2 Å². The van der Waals surface area contributed by atoms with Gasteiger partial charge in [0.05, 0.1) is 29.6 Å². The van der Waals surface area contributed by atoms with Crippen LogP contribution in [0.2, 0.25) is 0 Å². The predicted octanol–water partition coefficient (Wildman–Crippen LogP) is 4.81. The van der Waals surface area contributed by atoms with E-state index in [1.807, 2.05) is 47.0 Å². The molecule has 0 bridgehead atoms. The molecule has 0 saturated heterocycles. The molecular weight excluding hydrogens is 362 g/mol. The van der Waals surface area contributed by atoms with E-state index in [2.05, 4.69) is 29.3 Å². The van der Waals surface area contributed by atoms with E-state index in [1.165, 1.54) is 0 Å². The minimum atomic E-state index is -0.886. The second kappa shape index (κ2) is 7.61. The average molecular weight is 381 g/mol. The highest BCUT2D eigenvalue weighted by atomic mass is 16.4. The number of carbonyl (C=O) groups is 1. The summed E-state index contributed by atoms with van der Waals surface area (Å²) in [6, 6.07) is 22.2. The fraction of sp³-hybridized carbons (Fsp3) is 0.125. The summed E-state index contributed by atoms with van der Waals surface area (Å²) in [4.78, 5) is 15.5. The van der Waals surface area contributed by atoms with Crippen LogP contribution in [0.1, 0.15) is 29.7 Å². The Morgan fingerprint density at radius 3 is 2.72 bits per heavy atom. The number of aromatic nitrogens is 2. The molecule has 0 fully saturated rings. The number of aliphatic carboxylic acids is 1. The van der Waals surface area contributed by atoms with Crippen molar-refractivity contribution in [2.75, 3.05) is 0 Å². The third-order valence-electron chi connectivity index (χ3n) is 5.20. The lowest BCUT2D eigenvalue weighted by molar-refractivity contribution is -0.138. The highest BCUT2D eigenvalue weighted by Gasteiger charge is 2.18. The van der Waals surface area contributed by atoms with Gasteiger partial charge in [-0.25, -0.2) is 4.98 Å². The molecule has 0 radical (unpaired) electrons. The number of carboxylic acid groups (broad SMARTS) is 1. The minimum absolute atomic E-state index is 0.483. The van der Waals surface area contributed by atoms with Gasteiger partial charge in [0.1, 0.15) is 0 Å². The molecule has 142 valence electrons. The van der Waals surface area contributed by atoms with E-state index in [0.717, 1.165) is 27.5 Å². The van der Waals surface area contributed by atoms with Crippen LogP contribution in [0.5, 0.6) is 0 Å². The number of imidazole rings is 1. The largest absolute Gasteiger partial charge is 0.481 e. The Hall–Kier alpha value is -3.91. The first-order chi connectivity index (χ1) is 14.1. The summed E-state index contributed by atoms with van der Waals surface area (Å²) in [5.74, 6) is -1.53. The molecule has 3 aromatic carbocycles. The Morgan fingerprint density at radius 2 is 1.93 bits per heavy atom. The van der Waals surface area contributed by atoms with Gasteiger partial charge in [-0.15, -0.1) is 0 Å². The van der Waals surface area contributed by atoms with E-state index in [9.17, 15) is 15.2 Å². The van der Waals surface area contributed by atoms with Crippen molar-refractivity contribution in [3.8, 4) is 17.2 Å². The average Bonchev–Trinajstić information content (AvgIpc) is 3.20. The maximum atomic E-state index is 11.4. The Morgan fingerprint density at radius 1 is 1.14 bits per heavy atom. The smallest absolute Gasteiger partial charge is 0.312 e. The van der Waals surface area contributed by atoms with Gasteiger partial charge in [-0.3, -0.25) is 4.79 Å². The van der Waals surface area contributed by atoms with E-state index < -0.39 is 11.9 Å². The van der Waals surface area contributed by atoms with Crippen LogP contribution in [-0.2, 0) is 11.3 Å². The Bertz CT molecular complexity index is 1250. The van der Waals surface area contributed by atoms with E-state index in [0.29, 0.717) is 17.8 Å². The topological polar surface area (TPSA) is 78.9 Å². The molecule has 0 saturated carbocycles. The lowest BCUT2D eigenvalue weighted by Crippen LogP contribution is -2.13. The molecule has 0 aliphatic heterocycles. The second-order valence-corrected chi connectivity index (χ2v) is 7.02. The molecule has 0 amide bonds. The zero-order valence-electron chi connectivity index (χ0n) is 15.9. The first-order valence-electron chi connectivity index (χ1n) is 9.32. The van der Waals surface area contributed by atoms with Crippen molar-refractivity contribution in [1.29, 1.82) is 5.26 Å². The van der Waals surface area contributed by atoms with Gasteiger partial charge in [0.25, 0.3) is 0 Å². The van der Waals surface area contributed by atoms with Crippen LogP contribution in [0.3, 0.4) is 0 Å². The summed E-state index contributed by atoms with van der Waals surface area (Å²) >= 11 is 0. The maximum absolute atomic E-state index is 11.4. The normalized spacial score (nSPS) is 11.9. The third kappa shape index (κ3) is 3.48. The van der Waals surface area contributed by atoms with Crippen LogP contribution in [0.4, 0.5) is 0 Å². The summed E-state index contributed by atoms with van der Waals surface area (Å²) in [6.07, 6.45) is 3.23. The number of nitriles is 1. The summed E-state index contributed by atoms with van der Waals surface area (Å²) in [5, 5.41) is 21.2. The highest BCUT2D eigenvalue weighted by molar-refractivity contribution is 5.97. The fourth-order valence-electron chi connectivity index (χ4n) is 3.62. The van der Waals surface area contributed by atoms with Crippen LogP contribution in [-0.4, -0.2) is 20.6 Å². The SMILES string of the molecule is CC(C(=O)O)c1cncn1Cc1ccc(C#N)c(-c2cccc3ccccc23)c1. The van der Waals surface area contributed by atoms with Gasteiger partial charge in [0, 0.05) is 18.3 Å². The molecule has 0 aliphatic rings. The standard InChI is InChI=1S/C24H19N3O2/c1-16(24(28)29)23-13-26-15-27(23)14-17-9-10-19(12-25)22(11-17)21-8-4-6-18-5-2-3-7-20(18)21/h2-11,13,15-16H,14H2,1H3,(H,28,29). The van der Waals surface area contributed by atoms with Gasteiger partial charge in [-0.2, -0.15) is 5.26 Å². The molecular formula is C24H19N3O2. The second-order valence-electron chi connectivity index (χ2n) is 7.02. The van der Waals surface area contributed by atoms with Crippen molar-refractivity contribution in [3.05, 3.63) is 90.0 Å². The lowest BCUT2D eigenvalue weighted by atomic mass is 9.93. The summed E-state index contributed by atoms with van der Waals surface area (Å²) in [5.41, 5.74) is 4.10. The number of rotatable bonds is 5. The zero-order chi connectivity index (χ0) is 20.4. The molecule has 4 aromatic rings. The molecule has 29 heavy (non-hydrogen) atoms. The van der Waals surface area contributed by atoms with Crippen LogP contribution < -0.4 is 0 Å². The molecule has 4 rings (SSSR count). The van der Waals surface area contributed by atoms with E-state index >= 15 is 0 Å². The molecule has 0 spiro atoms. The number of fused-ring (bicyclic) bond motifs is 1. The van der Waals surface area contributed by atoms with Gasteiger partial charge in [0.2, 0.25) is 0 Å². The highest BCUT2D eigenvalue weighted by Crippen LogP contribution is 2.32. The van der Waals surface area contributed by atoms with E-state index in [1.54, 1.807) is 19.4 Å². The van der Waals surface area contributed by atoms with Crippen LogP contribution in [0.25, 0.3) is 21.9 Å². The van der Waals surface area contributed by atoms with Crippen molar-refractivity contribution in [3.63, 3.8) is 0 Å². The van der Waals surface area contributed by atoms with Gasteiger partial charge < -0.3 is 9.67 Å². The predicted molar refractivity (Wildman–Crippen MR) is 111 cm³/mol. The summed E-state index contributed by atoms with van der Waals surface area (Å²) in [7, 11) is 0. The Balaban J connectivity index is 1.79. The maximum Gasteiger partial charge on any atom is 0.312 e. The summed E-state index contributed by atoms with van der Waals surface area (Å²) < 4.78 is 1.84. The number of hydrogen-bond acceptors (Lipinski definition) is 3. The quantitative estimate of drug-likeness (QED) is 0.538. The molecule has 1 aromatic heterocycles. The lowest BCUT2D eigenvalue weighted by Gasteiger charge is -2.14. The molecule has 1 N–H and O–H groups in total. The molecule has 1 unspecified atom stereocenters. The molecule has 1 atom stereocenters. The van der Waals surface area contributed by atoms with Gasteiger partial charge in [-0.1, -0.05) is 48.5 Å². The first kappa shape index (κ1) is 18.5. The molecule has 0 aliphatic carbocycles. The number of carboxylic acids is 1. The monoisotopic (exact) mass is 381 g/mol. The Labute approximate surface area is 168 Å². The number of hydrogen-bond donors (Lipinski definition) is 1. The zero-order valence-corrected chi connectivity index (χ0v) is 15.9. The van der Waals surface area contributed by atoms with Crippen molar-refractivity contribution in [1.82, 2.24) is 9.55 Å². The van der Waals surface area contributed by atoms with Crippen LogP contribution >= 0.6 is 0 Å². The van der Waals surface area contributed by atoms with Gasteiger partial charge >= 0.3 is 5.97 Å².